The Morgan fingerprint density at radius 1 is 1.19 bits per heavy atom. The van der Waals surface area contributed by atoms with E-state index in [9.17, 15) is 9.59 Å². The second-order valence-corrected chi connectivity index (χ2v) is 6.21. The van der Waals surface area contributed by atoms with Crippen molar-refractivity contribution in [1.82, 2.24) is 5.32 Å². The van der Waals surface area contributed by atoms with E-state index < -0.39 is 18.1 Å². The molecule has 2 aromatic rings. The van der Waals surface area contributed by atoms with Crippen LogP contribution in [0, 0.1) is 0 Å². The van der Waals surface area contributed by atoms with E-state index in [2.05, 4.69) is 30.1 Å². The number of carbonyl (C=O) groups excluding carboxylic acids is 1. The number of carboxylic acid groups (broad SMARTS) is 1. The average molecular weight is 367 g/mol. The van der Waals surface area contributed by atoms with Gasteiger partial charge in [0.15, 0.2) is 6.04 Å². The molecule has 1 aliphatic carbocycles. The molecule has 1 aliphatic rings. The van der Waals surface area contributed by atoms with Gasteiger partial charge < -0.3 is 19.9 Å². The fraction of sp³-hybridized carbons (Fsp3) is 0.238. The molecule has 0 radical (unpaired) electrons. The Morgan fingerprint density at radius 3 is 2.74 bits per heavy atom. The Labute approximate surface area is 157 Å². The Morgan fingerprint density at radius 2 is 1.96 bits per heavy atom. The smallest absolute Gasteiger partial charge is 0.408 e. The lowest BCUT2D eigenvalue weighted by molar-refractivity contribution is -0.140. The van der Waals surface area contributed by atoms with Gasteiger partial charge in [-0.3, -0.25) is 0 Å². The maximum Gasteiger partial charge on any atom is 0.408 e. The van der Waals surface area contributed by atoms with Crippen molar-refractivity contribution in [2.24, 2.45) is 0 Å². The van der Waals surface area contributed by atoms with Crippen molar-refractivity contribution >= 4 is 12.1 Å². The molecule has 0 bridgehead atoms. The van der Waals surface area contributed by atoms with Crippen molar-refractivity contribution in [3.63, 3.8) is 0 Å². The van der Waals surface area contributed by atoms with Gasteiger partial charge in [-0.1, -0.05) is 48.5 Å². The molecule has 0 unspecified atom stereocenters. The molecule has 0 fully saturated rings. The van der Waals surface area contributed by atoms with Crippen LogP contribution in [-0.4, -0.2) is 36.4 Å². The molecule has 2 N–H and O–H groups in total. The van der Waals surface area contributed by atoms with E-state index in [1.807, 2.05) is 24.3 Å². The molecule has 27 heavy (non-hydrogen) atoms. The van der Waals surface area contributed by atoms with E-state index in [1.54, 1.807) is 0 Å². The predicted molar refractivity (Wildman–Crippen MR) is 100 cm³/mol. The van der Waals surface area contributed by atoms with Crippen LogP contribution in [0.25, 0.3) is 11.1 Å². The number of hydrogen-bond donors (Lipinski definition) is 2. The molecule has 0 saturated carbocycles. The normalized spacial score (nSPS) is 12.6. The summed E-state index contributed by atoms with van der Waals surface area (Å²) in [5, 5.41) is 11.5. The molecule has 3 rings (SSSR count). The average Bonchev–Trinajstić information content (AvgIpc) is 3.05. The van der Waals surface area contributed by atoms with Gasteiger partial charge in [-0.25, -0.2) is 9.59 Å². The highest BCUT2D eigenvalue weighted by molar-refractivity contribution is 5.80. The zero-order chi connectivity index (χ0) is 19.2. The standard InChI is InChI=1S/C21H21NO5/c1-2-10-26-13-19(20(23)24)22-21(25)27-12-15-7-5-9-17-16-8-4-3-6-14(16)11-18(15)17/h2-9,19H,1,10-13H2,(H,22,25)(H,23,24)/t19-/m0/s1. The van der Waals surface area contributed by atoms with Crippen LogP contribution in [0.5, 0.6) is 0 Å². The summed E-state index contributed by atoms with van der Waals surface area (Å²) in [7, 11) is 0. The topological polar surface area (TPSA) is 84.9 Å². The molecule has 1 atom stereocenters. The number of benzene rings is 2. The minimum Gasteiger partial charge on any atom is -0.480 e. The van der Waals surface area contributed by atoms with Crippen molar-refractivity contribution < 1.29 is 24.2 Å². The minimum absolute atomic E-state index is 0.0723. The van der Waals surface area contributed by atoms with Gasteiger partial charge in [0, 0.05) is 0 Å². The summed E-state index contributed by atoms with van der Waals surface area (Å²) in [6.45, 7) is 3.60. The number of carbonyl (C=O) groups is 2. The van der Waals surface area contributed by atoms with Gasteiger partial charge >= 0.3 is 12.1 Å². The molecule has 2 aromatic carbocycles. The third kappa shape index (κ3) is 4.35. The lowest BCUT2D eigenvalue weighted by Gasteiger charge is -2.15. The van der Waals surface area contributed by atoms with Crippen LogP contribution >= 0.6 is 0 Å². The highest BCUT2D eigenvalue weighted by atomic mass is 16.5. The number of carboxylic acids is 1. The van der Waals surface area contributed by atoms with Crippen molar-refractivity contribution in [3.05, 3.63) is 71.8 Å². The number of ether oxygens (including phenoxy) is 2. The van der Waals surface area contributed by atoms with Gasteiger partial charge in [-0.05, 0) is 34.2 Å². The lowest BCUT2D eigenvalue weighted by atomic mass is 10.0. The third-order valence-corrected chi connectivity index (χ3v) is 4.42. The number of rotatable bonds is 8. The largest absolute Gasteiger partial charge is 0.480 e. The van der Waals surface area contributed by atoms with Crippen molar-refractivity contribution in [1.29, 1.82) is 0 Å². The molecule has 0 heterocycles. The predicted octanol–water partition coefficient (Wildman–Crippen LogP) is 3.14. The fourth-order valence-corrected chi connectivity index (χ4v) is 3.13. The Kier molecular flexibility index (Phi) is 5.88. The molecule has 0 aromatic heterocycles. The van der Waals surface area contributed by atoms with Gasteiger partial charge in [0.2, 0.25) is 0 Å². The summed E-state index contributed by atoms with van der Waals surface area (Å²) in [5.41, 5.74) is 5.64. The number of nitrogens with one attached hydrogen (secondary N) is 1. The summed E-state index contributed by atoms with van der Waals surface area (Å²) in [6.07, 6.45) is 1.50. The van der Waals surface area contributed by atoms with E-state index in [0.29, 0.717) is 0 Å². The first-order valence-electron chi connectivity index (χ1n) is 8.64. The van der Waals surface area contributed by atoms with E-state index >= 15 is 0 Å². The van der Waals surface area contributed by atoms with Crippen molar-refractivity contribution in [3.8, 4) is 11.1 Å². The Balaban J connectivity index is 1.61. The van der Waals surface area contributed by atoms with Gasteiger partial charge in [-0.15, -0.1) is 6.58 Å². The molecule has 0 spiro atoms. The van der Waals surface area contributed by atoms with E-state index in [4.69, 9.17) is 14.6 Å². The number of hydrogen-bond acceptors (Lipinski definition) is 4. The summed E-state index contributed by atoms with van der Waals surface area (Å²) < 4.78 is 10.3. The molecular formula is C21H21NO5. The van der Waals surface area contributed by atoms with Gasteiger partial charge in [-0.2, -0.15) is 0 Å². The monoisotopic (exact) mass is 367 g/mol. The van der Waals surface area contributed by atoms with Gasteiger partial charge in [0.1, 0.15) is 6.61 Å². The van der Waals surface area contributed by atoms with Crippen LogP contribution < -0.4 is 5.32 Å². The van der Waals surface area contributed by atoms with Crippen LogP contribution in [-0.2, 0) is 27.3 Å². The molecule has 0 saturated heterocycles. The SMILES string of the molecule is C=CCOC[C@H](NC(=O)OCc1cccc2c1Cc1ccccc1-2)C(=O)O. The van der Waals surface area contributed by atoms with E-state index in [1.165, 1.54) is 17.2 Å². The first-order chi connectivity index (χ1) is 13.1. The molecule has 0 aliphatic heterocycles. The second kappa shape index (κ2) is 8.51. The lowest BCUT2D eigenvalue weighted by Crippen LogP contribution is -2.44. The second-order valence-electron chi connectivity index (χ2n) is 6.21. The molecule has 1 amide bonds. The quantitative estimate of drug-likeness (QED) is 0.472. The molecular weight excluding hydrogens is 346 g/mol. The molecule has 6 heteroatoms. The molecule has 6 nitrogen and oxygen atoms in total. The van der Waals surface area contributed by atoms with Crippen LogP contribution in [0.15, 0.2) is 55.1 Å². The van der Waals surface area contributed by atoms with Crippen molar-refractivity contribution in [2.45, 2.75) is 19.1 Å². The van der Waals surface area contributed by atoms with E-state index in [0.717, 1.165) is 23.1 Å². The van der Waals surface area contributed by atoms with Gasteiger partial charge in [0.25, 0.3) is 0 Å². The Bertz CT molecular complexity index is 861. The fourth-order valence-electron chi connectivity index (χ4n) is 3.13. The molecule has 140 valence electrons. The van der Waals surface area contributed by atoms with Crippen molar-refractivity contribution in [2.75, 3.05) is 13.2 Å². The van der Waals surface area contributed by atoms with Crippen LogP contribution in [0.1, 0.15) is 16.7 Å². The first-order valence-corrected chi connectivity index (χ1v) is 8.64. The summed E-state index contributed by atoms with van der Waals surface area (Å²) in [6, 6.07) is 12.9. The van der Waals surface area contributed by atoms with Crippen LogP contribution in [0.2, 0.25) is 0 Å². The summed E-state index contributed by atoms with van der Waals surface area (Å²) in [5.74, 6) is -1.19. The van der Waals surface area contributed by atoms with E-state index in [-0.39, 0.29) is 19.8 Å². The minimum atomic E-state index is -1.19. The zero-order valence-corrected chi connectivity index (χ0v) is 14.8. The number of alkyl carbamates (subject to hydrolysis) is 1. The Hall–Kier alpha value is -3.12. The highest BCUT2D eigenvalue weighted by Crippen LogP contribution is 2.38. The maximum absolute atomic E-state index is 12.0. The van der Waals surface area contributed by atoms with Gasteiger partial charge in [0.05, 0.1) is 13.2 Å². The zero-order valence-electron chi connectivity index (χ0n) is 14.8. The number of aliphatic carboxylic acids is 1. The van der Waals surface area contributed by atoms with Crippen LogP contribution in [0.4, 0.5) is 4.79 Å². The number of fused-ring (bicyclic) bond motifs is 3. The highest BCUT2D eigenvalue weighted by Gasteiger charge is 2.23. The van der Waals surface area contributed by atoms with Crippen LogP contribution in [0.3, 0.4) is 0 Å². The summed E-state index contributed by atoms with van der Waals surface area (Å²) in [4.78, 5) is 23.2. The first kappa shape index (κ1) is 18.7. The number of amides is 1. The summed E-state index contributed by atoms with van der Waals surface area (Å²) >= 11 is 0. The maximum atomic E-state index is 12.0. The third-order valence-electron chi connectivity index (χ3n) is 4.42.